The van der Waals surface area contributed by atoms with Crippen molar-refractivity contribution in [2.75, 3.05) is 0 Å². The van der Waals surface area contributed by atoms with Gasteiger partial charge in [0.05, 0.1) is 22.6 Å². The van der Waals surface area contributed by atoms with Crippen LogP contribution in [-0.4, -0.2) is 9.55 Å². The Bertz CT molecular complexity index is 799. The van der Waals surface area contributed by atoms with Gasteiger partial charge in [0, 0.05) is 14.0 Å². The van der Waals surface area contributed by atoms with Crippen LogP contribution in [0.2, 0.25) is 5.02 Å². The zero-order valence-corrected chi connectivity index (χ0v) is 14.8. The number of alkyl halides is 1. The van der Waals surface area contributed by atoms with E-state index < -0.39 is 0 Å². The van der Waals surface area contributed by atoms with Crippen molar-refractivity contribution in [3.05, 3.63) is 56.2 Å². The first-order valence-electron chi connectivity index (χ1n) is 5.78. The smallest absolute Gasteiger partial charge is 0.129 e. The summed E-state index contributed by atoms with van der Waals surface area (Å²) in [5.74, 6) is 1.13. The van der Waals surface area contributed by atoms with Crippen LogP contribution in [0.3, 0.4) is 0 Å². The molecule has 0 bridgehead atoms. The number of benzene rings is 2. The van der Waals surface area contributed by atoms with Crippen LogP contribution < -0.4 is 0 Å². The zero-order chi connectivity index (χ0) is 14.3. The Morgan fingerprint density at radius 3 is 2.60 bits per heavy atom. The first-order chi connectivity index (χ1) is 9.60. The molecule has 0 fully saturated rings. The van der Waals surface area contributed by atoms with Gasteiger partial charge in [0.2, 0.25) is 0 Å². The molecular weight excluding hydrogens is 427 g/mol. The maximum atomic E-state index is 6.04. The molecule has 1 aromatic heterocycles. The number of halogens is 4. The van der Waals surface area contributed by atoms with Crippen molar-refractivity contribution in [3.8, 4) is 5.69 Å². The molecule has 3 rings (SSSR count). The minimum Gasteiger partial charge on any atom is -0.294 e. The van der Waals surface area contributed by atoms with Crippen molar-refractivity contribution in [2.45, 2.75) is 5.88 Å². The van der Waals surface area contributed by atoms with E-state index in [1.165, 1.54) is 0 Å². The fraction of sp³-hybridized carbons (Fsp3) is 0.0714. The Kier molecular flexibility index (Phi) is 4.09. The fourth-order valence-electron chi connectivity index (χ4n) is 2.12. The highest BCUT2D eigenvalue weighted by Gasteiger charge is 2.14. The molecule has 0 unspecified atom stereocenters. The number of fused-ring (bicyclic) bond motifs is 1. The van der Waals surface area contributed by atoms with E-state index in [4.69, 9.17) is 23.2 Å². The standard InChI is InChI=1S/C14H8Br2Cl2N2/c15-8-1-3-11-13(5-8)20(14(7-17)19-11)12-4-2-9(18)6-10(12)16/h1-6H,7H2. The number of imidazole rings is 1. The topological polar surface area (TPSA) is 17.8 Å². The number of rotatable bonds is 2. The molecule has 20 heavy (non-hydrogen) atoms. The van der Waals surface area contributed by atoms with Gasteiger partial charge in [0.25, 0.3) is 0 Å². The van der Waals surface area contributed by atoms with Crippen LogP contribution in [0.4, 0.5) is 0 Å². The van der Waals surface area contributed by atoms with Crippen LogP contribution >= 0.6 is 55.1 Å². The van der Waals surface area contributed by atoms with Crippen molar-refractivity contribution in [2.24, 2.45) is 0 Å². The molecule has 0 radical (unpaired) electrons. The molecule has 3 aromatic rings. The van der Waals surface area contributed by atoms with Gasteiger partial charge in [-0.25, -0.2) is 4.98 Å². The van der Waals surface area contributed by atoms with Crippen molar-refractivity contribution >= 4 is 66.1 Å². The predicted octanol–water partition coefficient (Wildman–Crippen LogP) is 5.94. The van der Waals surface area contributed by atoms with Crippen molar-refractivity contribution in [1.29, 1.82) is 0 Å². The van der Waals surface area contributed by atoms with Crippen LogP contribution in [0.15, 0.2) is 45.3 Å². The maximum absolute atomic E-state index is 6.04. The molecule has 0 saturated carbocycles. The summed E-state index contributed by atoms with van der Waals surface area (Å²) in [6.45, 7) is 0. The molecule has 0 saturated heterocycles. The molecule has 2 aromatic carbocycles. The molecule has 0 aliphatic heterocycles. The Balaban J connectivity index is 2.36. The van der Waals surface area contributed by atoms with Gasteiger partial charge in [0.15, 0.2) is 0 Å². The molecule has 0 aliphatic rings. The van der Waals surface area contributed by atoms with Gasteiger partial charge in [-0.1, -0.05) is 27.5 Å². The van der Waals surface area contributed by atoms with Gasteiger partial charge in [0.1, 0.15) is 5.82 Å². The van der Waals surface area contributed by atoms with Gasteiger partial charge in [-0.15, -0.1) is 11.6 Å². The van der Waals surface area contributed by atoms with E-state index in [9.17, 15) is 0 Å². The summed E-state index contributed by atoms with van der Waals surface area (Å²) in [6.07, 6.45) is 0. The van der Waals surface area contributed by atoms with E-state index in [-0.39, 0.29) is 0 Å². The van der Waals surface area contributed by atoms with E-state index in [0.29, 0.717) is 10.9 Å². The van der Waals surface area contributed by atoms with E-state index >= 15 is 0 Å². The Morgan fingerprint density at radius 2 is 1.90 bits per heavy atom. The monoisotopic (exact) mass is 432 g/mol. The lowest BCUT2D eigenvalue weighted by Crippen LogP contribution is -2.00. The molecule has 0 amide bonds. The third-order valence-electron chi connectivity index (χ3n) is 2.96. The lowest BCUT2D eigenvalue weighted by molar-refractivity contribution is 0.977. The second kappa shape index (κ2) is 5.68. The van der Waals surface area contributed by atoms with Gasteiger partial charge < -0.3 is 0 Å². The highest BCUT2D eigenvalue weighted by molar-refractivity contribution is 9.10. The van der Waals surface area contributed by atoms with Crippen molar-refractivity contribution in [1.82, 2.24) is 9.55 Å². The summed E-state index contributed by atoms with van der Waals surface area (Å²) in [4.78, 5) is 4.57. The van der Waals surface area contributed by atoms with Crippen LogP contribution in [0, 0.1) is 0 Å². The second-order valence-electron chi connectivity index (χ2n) is 4.23. The quantitative estimate of drug-likeness (QED) is 0.456. The molecule has 0 atom stereocenters. The summed E-state index contributed by atoms with van der Waals surface area (Å²) in [7, 11) is 0. The summed E-state index contributed by atoms with van der Waals surface area (Å²) in [5.41, 5.74) is 2.87. The SMILES string of the molecule is ClCc1nc2ccc(Br)cc2n1-c1ccc(Cl)cc1Br. The van der Waals surface area contributed by atoms with Crippen LogP contribution in [0.25, 0.3) is 16.7 Å². The number of hydrogen-bond acceptors (Lipinski definition) is 1. The van der Waals surface area contributed by atoms with E-state index in [1.54, 1.807) is 0 Å². The first kappa shape index (κ1) is 14.4. The fourth-order valence-corrected chi connectivity index (χ4v) is 3.51. The van der Waals surface area contributed by atoms with Crippen molar-refractivity contribution < 1.29 is 0 Å². The predicted molar refractivity (Wildman–Crippen MR) is 91.0 cm³/mol. The number of nitrogens with zero attached hydrogens (tertiary/aromatic N) is 2. The van der Waals surface area contributed by atoms with E-state index in [2.05, 4.69) is 36.8 Å². The average Bonchev–Trinajstić information content (AvgIpc) is 2.76. The van der Waals surface area contributed by atoms with Gasteiger partial charge >= 0.3 is 0 Å². The second-order valence-corrected chi connectivity index (χ2v) is 6.70. The Morgan fingerprint density at radius 1 is 1.10 bits per heavy atom. The van der Waals surface area contributed by atoms with Crippen LogP contribution in [0.5, 0.6) is 0 Å². The maximum Gasteiger partial charge on any atom is 0.129 e. The third-order valence-corrected chi connectivity index (χ3v) is 4.56. The highest BCUT2D eigenvalue weighted by atomic mass is 79.9. The minimum absolute atomic E-state index is 0.335. The Hall–Kier alpha value is -0.550. The minimum atomic E-state index is 0.335. The largest absolute Gasteiger partial charge is 0.294 e. The van der Waals surface area contributed by atoms with Gasteiger partial charge in [-0.2, -0.15) is 0 Å². The average molecular weight is 435 g/mol. The highest BCUT2D eigenvalue weighted by Crippen LogP contribution is 2.31. The third kappa shape index (κ3) is 2.50. The molecule has 2 nitrogen and oxygen atoms in total. The van der Waals surface area contributed by atoms with Crippen LogP contribution in [0.1, 0.15) is 5.82 Å². The molecule has 102 valence electrons. The molecule has 0 N–H and O–H groups in total. The summed E-state index contributed by atoms with van der Waals surface area (Å²) in [6, 6.07) is 11.6. The normalized spacial score (nSPS) is 11.2. The van der Waals surface area contributed by atoms with E-state index in [1.807, 2.05) is 41.0 Å². The lowest BCUT2D eigenvalue weighted by atomic mass is 10.3. The molecule has 1 heterocycles. The summed E-state index contributed by atoms with van der Waals surface area (Å²) < 4.78 is 3.93. The number of aromatic nitrogens is 2. The number of hydrogen-bond donors (Lipinski definition) is 0. The van der Waals surface area contributed by atoms with Crippen molar-refractivity contribution in [3.63, 3.8) is 0 Å². The van der Waals surface area contributed by atoms with E-state index in [0.717, 1.165) is 31.5 Å². The summed E-state index contributed by atoms with van der Waals surface area (Å²) >= 11 is 19.1. The Labute approximate surface area is 143 Å². The molecular formula is C14H8Br2Cl2N2. The first-order valence-corrected chi connectivity index (χ1v) is 8.28. The van der Waals surface area contributed by atoms with Gasteiger partial charge in [-0.05, 0) is 52.3 Å². The van der Waals surface area contributed by atoms with Crippen LogP contribution in [-0.2, 0) is 5.88 Å². The molecule has 0 spiro atoms. The van der Waals surface area contributed by atoms with Gasteiger partial charge in [-0.3, -0.25) is 4.57 Å². The lowest BCUT2D eigenvalue weighted by Gasteiger charge is -2.10. The zero-order valence-electron chi connectivity index (χ0n) is 10.1. The molecule has 6 heteroatoms. The molecule has 0 aliphatic carbocycles. The summed E-state index contributed by atoms with van der Waals surface area (Å²) in [5, 5.41) is 0.679.